The van der Waals surface area contributed by atoms with Crippen LogP contribution in [-0.2, 0) is 21.9 Å². The number of hydrogen-bond donors (Lipinski definition) is 1. The molecular formula is C12H19N3O4S. The highest BCUT2D eigenvalue weighted by molar-refractivity contribution is 7.89. The summed E-state index contributed by atoms with van der Waals surface area (Å²) in [7, 11) is -1.88. The first-order valence-corrected chi connectivity index (χ1v) is 7.83. The van der Waals surface area contributed by atoms with Gasteiger partial charge < -0.3 is 5.11 Å². The van der Waals surface area contributed by atoms with E-state index in [1.807, 2.05) is 0 Å². The van der Waals surface area contributed by atoms with Crippen molar-refractivity contribution in [2.75, 3.05) is 13.1 Å². The van der Waals surface area contributed by atoms with Crippen molar-refractivity contribution in [3.8, 4) is 0 Å². The molecule has 0 spiro atoms. The zero-order valence-electron chi connectivity index (χ0n) is 12.0. The zero-order chi connectivity index (χ0) is 15.2. The van der Waals surface area contributed by atoms with Gasteiger partial charge in [-0.1, -0.05) is 6.92 Å². The van der Waals surface area contributed by atoms with E-state index in [1.54, 1.807) is 32.5 Å². The predicted octanol–water partition coefficient (Wildman–Crippen LogP) is 0.378. The van der Waals surface area contributed by atoms with Crippen LogP contribution >= 0.6 is 0 Å². The van der Waals surface area contributed by atoms with E-state index in [9.17, 15) is 13.2 Å². The van der Waals surface area contributed by atoms with E-state index in [2.05, 4.69) is 5.10 Å². The summed E-state index contributed by atoms with van der Waals surface area (Å²) in [4.78, 5) is 11.1. The third kappa shape index (κ3) is 2.22. The lowest BCUT2D eigenvalue weighted by atomic mass is 9.89. The second kappa shape index (κ2) is 4.85. The van der Waals surface area contributed by atoms with Crippen LogP contribution in [0.25, 0.3) is 0 Å². The van der Waals surface area contributed by atoms with Gasteiger partial charge in [-0.2, -0.15) is 9.40 Å². The van der Waals surface area contributed by atoms with Gasteiger partial charge in [0.15, 0.2) is 0 Å². The molecule has 0 aliphatic carbocycles. The molecule has 0 radical (unpaired) electrons. The maximum atomic E-state index is 12.5. The van der Waals surface area contributed by atoms with E-state index < -0.39 is 21.9 Å². The van der Waals surface area contributed by atoms with Crippen molar-refractivity contribution in [1.82, 2.24) is 14.1 Å². The number of aromatic nitrogens is 2. The molecule has 1 aromatic heterocycles. The van der Waals surface area contributed by atoms with Crippen LogP contribution in [0.15, 0.2) is 4.90 Å². The Hall–Kier alpha value is -1.41. The maximum absolute atomic E-state index is 12.5. The first-order valence-electron chi connectivity index (χ1n) is 6.39. The Kier molecular flexibility index (Phi) is 3.64. The first-order chi connectivity index (χ1) is 9.16. The smallest absolute Gasteiger partial charge is 0.306 e. The Bertz CT molecular complexity index is 644. The van der Waals surface area contributed by atoms with E-state index >= 15 is 0 Å². The molecule has 1 aliphatic heterocycles. The average Bonchev–Trinajstić information content (AvgIpc) is 2.50. The average molecular weight is 301 g/mol. The molecule has 1 atom stereocenters. The lowest BCUT2D eigenvalue weighted by Gasteiger charge is -2.39. The van der Waals surface area contributed by atoms with Crippen molar-refractivity contribution in [2.45, 2.75) is 25.7 Å². The summed E-state index contributed by atoms with van der Waals surface area (Å²) < 4.78 is 27.9. The third-order valence-electron chi connectivity index (χ3n) is 4.01. The third-order valence-corrected chi connectivity index (χ3v) is 6.10. The highest BCUT2D eigenvalue weighted by atomic mass is 32.2. The molecule has 0 saturated carbocycles. The Balaban J connectivity index is 2.21. The Morgan fingerprint density at radius 3 is 2.35 bits per heavy atom. The minimum Gasteiger partial charge on any atom is -0.481 e. The summed E-state index contributed by atoms with van der Waals surface area (Å²) >= 11 is 0. The topological polar surface area (TPSA) is 92.5 Å². The SMILES string of the molecule is Cc1nn(C)c(C)c1S(=O)(=O)N1CC(C(C)C(=O)O)C1. The molecule has 0 bridgehead atoms. The van der Waals surface area contributed by atoms with Gasteiger partial charge in [-0.05, 0) is 19.8 Å². The minimum atomic E-state index is -3.58. The summed E-state index contributed by atoms with van der Waals surface area (Å²) in [6.07, 6.45) is 0. The normalized spacial score (nSPS) is 18.8. The number of hydrogen-bond acceptors (Lipinski definition) is 4. The van der Waals surface area contributed by atoms with Gasteiger partial charge in [0.25, 0.3) is 0 Å². The van der Waals surface area contributed by atoms with Gasteiger partial charge in [-0.15, -0.1) is 0 Å². The number of carboxylic acids is 1. The molecule has 2 rings (SSSR count). The van der Waals surface area contributed by atoms with Crippen LogP contribution in [0.3, 0.4) is 0 Å². The monoisotopic (exact) mass is 301 g/mol. The molecule has 1 N–H and O–H groups in total. The van der Waals surface area contributed by atoms with Crippen molar-refractivity contribution < 1.29 is 18.3 Å². The van der Waals surface area contributed by atoms with Crippen molar-refractivity contribution >= 4 is 16.0 Å². The summed E-state index contributed by atoms with van der Waals surface area (Å²) in [6.45, 7) is 5.49. The molecule has 7 nitrogen and oxygen atoms in total. The molecule has 1 saturated heterocycles. The van der Waals surface area contributed by atoms with Gasteiger partial charge in [0.05, 0.1) is 17.3 Å². The van der Waals surface area contributed by atoms with Crippen LogP contribution in [-0.4, -0.2) is 46.7 Å². The largest absolute Gasteiger partial charge is 0.481 e. The molecular weight excluding hydrogens is 282 g/mol. The molecule has 112 valence electrons. The van der Waals surface area contributed by atoms with Crippen molar-refractivity contribution in [2.24, 2.45) is 18.9 Å². The van der Waals surface area contributed by atoms with Gasteiger partial charge in [0.2, 0.25) is 10.0 Å². The van der Waals surface area contributed by atoms with Gasteiger partial charge in [0, 0.05) is 20.1 Å². The summed E-state index contributed by atoms with van der Waals surface area (Å²) in [6, 6.07) is 0. The molecule has 0 aromatic carbocycles. The lowest BCUT2D eigenvalue weighted by Crippen LogP contribution is -2.53. The Morgan fingerprint density at radius 1 is 1.40 bits per heavy atom. The molecule has 0 amide bonds. The quantitative estimate of drug-likeness (QED) is 0.868. The summed E-state index contributed by atoms with van der Waals surface area (Å²) in [5.74, 6) is -1.54. The van der Waals surface area contributed by atoms with Crippen LogP contribution in [0.5, 0.6) is 0 Å². The molecule has 20 heavy (non-hydrogen) atoms. The molecule has 2 heterocycles. The number of rotatable bonds is 4. The molecule has 1 fully saturated rings. The summed E-state index contributed by atoms with van der Waals surface area (Å²) in [5.41, 5.74) is 1.07. The molecule has 1 aliphatic rings. The number of sulfonamides is 1. The number of carboxylic acid groups (broad SMARTS) is 1. The van der Waals surface area contributed by atoms with Gasteiger partial charge in [-0.3, -0.25) is 9.48 Å². The van der Waals surface area contributed by atoms with Crippen LogP contribution in [0, 0.1) is 25.7 Å². The van der Waals surface area contributed by atoms with Crippen molar-refractivity contribution in [3.05, 3.63) is 11.4 Å². The fourth-order valence-corrected chi connectivity index (χ4v) is 4.39. The standard InChI is InChI=1S/C12H19N3O4S/c1-7(12(16)17)10-5-15(6-10)20(18,19)11-8(2)13-14(4)9(11)3/h7,10H,5-6H2,1-4H3,(H,16,17). The lowest BCUT2D eigenvalue weighted by molar-refractivity contribution is -0.144. The van der Waals surface area contributed by atoms with E-state index in [4.69, 9.17) is 5.11 Å². The zero-order valence-corrected chi connectivity index (χ0v) is 12.8. The van der Waals surface area contributed by atoms with Crippen LogP contribution in [0.4, 0.5) is 0 Å². The second-order valence-corrected chi connectivity index (χ2v) is 7.21. The van der Waals surface area contributed by atoms with Gasteiger partial charge in [0.1, 0.15) is 4.90 Å². The van der Waals surface area contributed by atoms with Crippen LogP contribution < -0.4 is 0 Å². The number of aliphatic carboxylic acids is 1. The molecule has 8 heteroatoms. The second-order valence-electron chi connectivity index (χ2n) is 5.33. The van der Waals surface area contributed by atoms with E-state index in [0.29, 0.717) is 11.4 Å². The maximum Gasteiger partial charge on any atom is 0.306 e. The number of carbonyl (C=O) groups is 1. The van der Waals surface area contributed by atoms with Crippen molar-refractivity contribution in [1.29, 1.82) is 0 Å². The highest BCUT2D eigenvalue weighted by Crippen LogP contribution is 2.32. The minimum absolute atomic E-state index is 0.125. The molecule has 1 unspecified atom stereocenters. The fourth-order valence-electron chi connectivity index (χ4n) is 2.44. The van der Waals surface area contributed by atoms with Gasteiger partial charge in [-0.25, -0.2) is 8.42 Å². The molecule has 1 aromatic rings. The fraction of sp³-hybridized carbons (Fsp3) is 0.667. The first kappa shape index (κ1) is 15.0. The van der Waals surface area contributed by atoms with E-state index in [-0.39, 0.29) is 23.9 Å². The number of aryl methyl sites for hydroxylation is 2. The van der Waals surface area contributed by atoms with Crippen LogP contribution in [0.1, 0.15) is 18.3 Å². The Labute approximate surface area is 118 Å². The Morgan fingerprint density at radius 2 is 1.95 bits per heavy atom. The van der Waals surface area contributed by atoms with Crippen molar-refractivity contribution in [3.63, 3.8) is 0 Å². The van der Waals surface area contributed by atoms with Crippen LogP contribution in [0.2, 0.25) is 0 Å². The van der Waals surface area contributed by atoms with Gasteiger partial charge >= 0.3 is 5.97 Å². The van der Waals surface area contributed by atoms with E-state index in [0.717, 1.165) is 0 Å². The van der Waals surface area contributed by atoms with E-state index in [1.165, 1.54) is 4.31 Å². The number of nitrogens with zero attached hydrogens (tertiary/aromatic N) is 3. The summed E-state index contributed by atoms with van der Waals surface area (Å²) in [5, 5.41) is 13.1. The predicted molar refractivity (Wildman–Crippen MR) is 71.7 cm³/mol. The highest BCUT2D eigenvalue weighted by Gasteiger charge is 2.42.